The number of aromatic nitrogens is 2. The SMILES string of the molecule is Cc1ccc(-n2c(C)cc(C(=O)CN3CCC(C(=O)Nc4ccccn4)CC3)c2C)cc1F. The van der Waals surface area contributed by atoms with Crippen molar-refractivity contribution in [3.63, 3.8) is 0 Å². The Morgan fingerprint density at radius 3 is 2.52 bits per heavy atom. The molecule has 1 saturated heterocycles. The van der Waals surface area contributed by atoms with Crippen LogP contribution in [0.5, 0.6) is 0 Å². The molecule has 3 heterocycles. The molecule has 7 heteroatoms. The van der Waals surface area contributed by atoms with E-state index in [0.717, 1.165) is 11.4 Å². The number of halogens is 1. The van der Waals surface area contributed by atoms with Crippen molar-refractivity contribution in [1.82, 2.24) is 14.5 Å². The van der Waals surface area contributed by atoms with E-state index in [2.05, 4.69) is 15.2 Å². The Kier molecular flexibility index (Phi) is 6.70. The fourth-order valence-electron chi connectivity index (χ4n) is 4.47. The average molecular weight is 449 g/mol. The van der Waals surface area contributed by atoms with E-state index >= 15 is 0 Å². The summed E-state index contributed by atoms with van der Waals surface area (Å²) in [6.45, 7) is 7.23. The molecular formula is C26H29FN4O2. The third kappa shape index (κ3) is 5.03. The first-order valence-corrected chi connectivity index (χ1v) is 11.3. The monoisotopic (exact) mass is 448 g/mol. The molecule has 172 valence electrons. The third-order valence-corrected chi connectivity index (χ3v) is 6.39. The summed E-state index contributed by atoms with van der Waals surface area (Å²) in [7, 11) is 0. The topological polar surface area (TPSA) is 67.2 Å². The first kappa shape index (κ1) is 22.9. The smallest absolute Gasteiger partial charge is 0.228 e. The van der Waals surface area contributed by atoms with Gasteiger partial charge in [0.05, 0.1) is 6.54 Å². The molecule has 0 unspecified atom stereocenters. The number of aryl methyl sites for hydroxylation is 2. The fourth-order valence-corrected chi connectivity index (χ4v) is 4.47. The third-order valence-electron chi connectivity index (χ3n) is 6.39. The lowest BCUT2D eigenvalue weighted by molar-refractivity contribution is -0.121. The van der Waals surface area contributed by atoms with Crippen molar-refractivity contribution in [2.45, 2.75) is 33.6 Å². The van der Waals surface area contributed by atoms with Crippen molar-refractivity contribution in [3.8, 4) is 5.69 Å². The van der Waals surface area contributed by atoms with E-state index in [9.17, 15) is 14.0 Å². The Hall–Kier alpha value is -3.32. The number of ketones is 1. The van der Waals surface area contributed by atoms with Gasteiger partial charge in [0, 0.05) is 34.8 Å². The van der Waals surface area contributed by atoms with Crippen LogP contribution in [0.1, 0.15) is 40.2 Å². The Labute approximate surface area is 193 Å². The molecular weight excluding hydrogens is 419 g/mol. The molecule has 1 aliphatic heterocycles. The number of Topliss-reactive ketones (excluding diaryl/α,β-unsaturated/α-hetero) is 1. The predicted octanol–water partition coefficient (Wildman–Crippen LogP) is 4.47. The highest BCUT2D eigenvalue weighted by Crippen LogP contribution is 2.24. The largest absolute Gasteiger partial charge is 0.318 e. The number of carbonyl (C=O) groups is 2. The summed E-state index contributed by atoms with van der Waals surface area (Å²) in [5.74, 6) is 0.235. The molecule has 1 aliphatic rings. The number of carbonyl (C=O) groups excluding carboxylic acids is 2. The van der Waals surface area contributed by atoms with E-state index in [1.165, 1.54) is 6.07 Å². The number of nitrogens with zero attached hydrogens (tertiary/aromatic N) is 3. The number of hydrogen-bond donors (Lipinski definition) is 1. The lowest BCUT2D eigenvalue weighted by Gasteiger charge is -2.30. The minimum Gasteiger partial charge on any atom is -0.318 e. The summed E-state index contributed by atoms with van der Waals surface area (Å²) < 4.78 is 16.0. The van der Waals surface area contributed by atoms with Crippen LogP contribution < -0.4 is 5.32 Å². The van der Waals surface area contributed by atoms with Gasteiger partial charge in [-0.25, -0.2) is 9.37 Å². The molecule has 1 amide bonds. The molecule has 0 saturated carbocycles. The van der Waals surface area contributed by atoms with Gasteiger partial charge in [-0.3, -0.25) is 14.5 Å². The van der Waals surface area contributed by atoms with Gasteiger partial charge in [-0.15, -0.1) is 0 Å². The summed E-state index contributed by atoms with van der Waals surface area (Å²) >= 11 is 0. The molecule has 1 fully saturated rings. The number of anilines is 1. The van der Waals surface area contributed by atoms with E-state index in [1.54, 1.807) is 25.3 Å². The normalized spacial score (nSPS) is 14.9. The van der Waals surface area contributed by atoms with Gasteiger partial charge in [0.15, 0.2) is 5.78 Å². The zero-order valence-electron chi connectivity index (χ0n) is 19.3. The number of hydrogen-bond acceptors (Lipinski definition) is 4. The summed E-state index contributed by atoms with van der Waals surface area (Å²) in [4.78, 5) is 31.8. The minimum absolute atomic E-state index is 0.0199. The van der Waals surface area contributed by atoms with Gasteiger partial charge in [0.25, 0.3) is 0 Å². The Balaban J connectivity index is 1.37. The van der Waals surface area contributed by atoms with Gasteiger partial charge >= 0.3 is 0 Å². The van der Waals surface area contributed by atoms with Crippen LogP contribution in [0, 0.1) is 32.5 Å². The van der Waals surface area contributed by atoms with Gasteiger partial charge in [-0.2, -0.15) is 0 Å². The van der Waals surface area contributed by atoms with Gasteiger partial charge in [-0.1, -0.05) is 12.1 Å². The highest BCUT2D eigenvalue weighted by molar-refractivity contribution is 5.99. The highest BCUT2D eigenvalue weighted by atomic mass is 19.1. The van der Waals surface area contributed by atoms with Gasteiger partial charge < -0.3 is 9.88 Å². The number of nitrogens with one attached hydrogen (secondary N) is 1. The molecule has 4 rings (SSSR count). The molecule has 0 bridgehead atoms. The summed E-state index contributed by atoms with van der Waals surface area (Å²) in [6, 6.07) is 12.4. The van der Waals surface area contributed by atoms with Crippen LogP contribution in [0.4, 0.5) is 10.2 Å². The molecule has 1 aromatic carbocycles. The average Bonchev–Trinajstić information content (AvgIpc) is 3.11. The molecule has 6 nitrogen and oxygen atoms in total. The number of amides is 1. The van der Waals surface area contributed by atoms with Crippen LogP contribution >= 0.6 is 0 Å². The van der Waals surface area contributed by atoms with E-state index in [4.69, 9.17) is 0 Å². The summed E-state index contributed by atoms with van der Waals surface area (Å²) in [5.41, 5.74) is 3.67. The highest BCUT2D eigenvalue weighted by Gasteiger charge is 2.27. The van der Waals surface area contributed by atoms with Crippen molar-refractivity contribution in [2.75, 3.05) is 25.0 Å². The van der Waals surface area contributed by atoms with E-state index < -0.39 is 0 Å². The quantitative estimate of drug-likeness (QED) is 0.565. The van der Waals surface area contributed by atoms with Gasteiger partial charge in [0.1, 0.15) is 11.6 Å². The molecule has 0 atom stereocenters. The summed E-state index contributed by atoms with van der Waals surface area (Å²) in [5, 5.41) is 2.87. The zero-order chi connectivity index (χ0) is 23.5. The van der Waals surface area contributed by atoms with Crippen LogP contribution in [0.3, 0.4) is 0 Å². The van der Waals surface area contributed by atoms with Crippen molar-refractivity contribution < 1.29 is 14.0 Å². The minimum atomic E-state index is -0.261. The number of pyridine rings is 1. The lowest BCUT2D eigenvalue weighted by atomic mass is 9.95. The molecule has 1 N–H and O–H groups in total. The van der Waals surface area contributed by atoms with Crippen LogP contribution in [0.25, 0.3) is 5.69 Å². The van der Waals surface area contributed by atoms with Gasteiger partial charge in [-0.05, 0) is 82.6 Å². The molecule has 0 radical (unpaired) electrons. The van der Waals surface area contributed by atoms with Crippen LogP contribution in [0.2, 0.25) is 0 Å². The number of benzene rings is 1. The molecule has 2 aromatic heterocycles. The maximum absolute atomic E-state index is 14.1. The second-order valence-electron chi connectivity index (χ2n) is 8.73. The van der Waals surface area contributed by atoms with Crippen LogP contribution in [0.15, 0.2) is 48.7 Å². The number of rotatable bonds is 6. The number of piperidine rings is 1. The van der Waals surface area contributed by atoms with Gasteiger partial charge in [0.2, 0.25) is 5.91 Å². The lowest BCUT2D eigenvalue weighted by Crippen LogP contribution is -2.40. The summed E-state index contributed by atoms with van der Waals surface area (Å²) in [6.07, 6.45) is 3.05. The molecule has 0 aliphatic carbocycles. The predicted molar refractivity (Wildman–Crippen MR) is 126 cm³/mol. The van der Waals surface area contributed by atoms with Crippen molar-refractivity contribution >= 4 is 17.5 Å². The maximum Gasteiger partial charge on any atom is 0.228 e. The second kappa shape index (κ2) is 9.67. The first-order chi connectivity index (χ1) is 15.8. The molecule has 33 heavy (non-hydrogen) atoms. The standard InChI is InChI=1S/C26H29FN4O2/c1-17-7-8-21(15-23(17)27)31-18(2)14-22(19(31)3)24(32)16-30-12-9-20(10-13-30)26(33)29-25-6-4-5-11-28-25/h4-8,11,14-15,20H,9-10,12-13,16H2,1-3H3,(H,28,29,33). The second-order valence-corrected chi connectivity index (χ2v) is 8.73. The van der Waals surface area contributed by atoms with E-state index in [0.29, 0.717) is 55.1 Å². The number of likely N-dealkylation sites (tertiary alicyclic amines) is 1. The van der Waals surface area contributed by atoms with E-state index in [-0.39, 0.29) is 23.4 Å². The Bertz CT molecular complexity index is 1160. The Morgan fingerprint density at radius 1 is 1.09 bits per heavy atom. The van der Waals surface area contributed by atoms with Crippen molar-refractivity contribution in [3.05, 3.63) is 77.0 Å². The van der Waals surface area contributed by atoms with Crippen LogP contribution in [-0.4, -0.2) is 45.8 Å². The zero-order valence-corrected chi connectivity index (χ0v) is 19.3. The maximum atomic E-state index is 14.1. The molecule has 0 spiro atoms. The van der Waals surface area contributed by atoms with Crippen molar-refractivity contribution in [1.29, 1.82) is 0 Å². The fraction of sp³-hybridized carbons (Fsp3) is 0.346. The Morgan fingerprint density at radius 2 is 1.85 bits per heavy atom. The molecule has 3 aromatic rings. The van der Waals surface area contributed by atoms with E-state index in [1.807, 2.05) is 42.7 Å². The van der Waals surface area contributed by atoms with Crippen LogP contribution in [-0.2, 0) is 4.79 Å². The van der Waals surface area contributed by atoms with Crippen molar-refractivity contribution in [2.24, 2.45) is 5.92 Å². The first-order valence-electron chi connectivity index (χ1n) is 11.3.